The number of phosphoric acid groups is 3. The van der Waals surface area contributed by atoms with Gasteiger partial charge in [-0.05, 0) is 13.3 Å². The number of aromatic amines is 1. The highest BCUT2D eigenvalue weighted by Gasteiger charge is 2.45. The average Bonchev–Trinajstić information content (AvgIpc) is 3.26. The molecule has 1 aromatic rings. The molecule has 1 aromatic heterocycles. The van der Waals surface area contributed by atoms with Crippen LogP contribution in [-0.2, 0) is 40.9 Å². The van der Waals surface area contributed by atoms with Crippen LogP contribution >= 0.6 is 23.5 Å². The number of nitrogens with one attached hydrogen (secondary N) is 1. The summed E-state index contributed by atoms with van der Waals surface area (Å²) in [5.41, 5.74) is -1.28. The fraction of sp³-hybridized carbons (Fsp3) is 0.792. The molecule has 1 saturated heterocycles. The Kier molecular flexibility index (Phi) is 15.8. The zero-order valence-corrected chi connectivity index (χ0v) is 27.5. The van der Waals surface area contributed by atoms with Gasteiger partial charge in [0, 0.05) is 24.6 Å². The number of H-pyrrole nitrogens is 1. The molecule has 17 nitrogen and oxygen atoms in total. The van der Waals surface area contributed by atoms with Crippen LogP contribution in [0.1, 0.15) is 102 Å². The van der Waals surface area contributed by atoms with Crippen LogP contribution in [-0.4, -0.2) is 54.1 Å². The van der Waals surface area contributed by atoms with Gasteiger partial charge in [0.15, 0.2) is 0 Å². The second-order valence-corrected chi connectivity index (χ2v) is 15.1. The number of aliphatic hydroxyl groups is 1. The molecule has 1 fully saturated rings. The van der Waals surface area contributed by atoms with Crippen LogP contribution in [0, 0.1) is 6.92 Å². The SMILES string of the molecule is CCCCCCCCCCCCCC(=O)OP(=O)(O)OP(=O)(O)OP(=O)(O)OC[C@H]1O[C@@H](n2cc(C)c(=O)[nH]c2=O)C[C@@H]1O. The van der Waals surface area contributed by atoms with Crippen LogP contribution in [0.3, 0.4) is 0 Å². The maximum Gasteiger partial charge on any atom is 0.538 e. The van der Waals surface area contributed by atoms with Gasteiger partial charge >= 0.3 is 35.1 Å². The second-order valence-electron chi connectivity index (χ2n) is 10.5. The van der Waals surface area contributed by atoms with Gasteiger partial charge in [0.05, 0.1) is 12.7 Å². The number of aliphatic hydroxyl groups excluding tert-OH is 1. The molecule has 20 heteroatoms. The molecule has 0 aliphatic carbocycles. The summed E-state index contributed by atoms with van der Waals surface area (Å²) in [6.07, 6.45) is 8.16. The van der Waals surface area contributed by atoms with E-state index in [4.69, 9.17) is 4.74 Å². The molecule has 3 unspecified atom stereocenters. The van der Waals surface area contributed by atoms with Crippen LogP contribution in [0.5, 0.6) is 0 Å². The van der Waals surface area contributed by atoms with Crippen molar-refractivity contribution in [3.05, 3.63) is 32.6 Å². The largest absolute Gasteiger partial charge is 0.538 e. The third-order valence-electron chi connectivity index (χ3n) is 6.68. The zero-order valence-electron chi connectivity index (χ0n) is 24.8. The summed E-state index contributed by atoms with van der Waals surface area (Å²) in [4.78, 5) is 66.8. The van der Waals surface area contributed by atoms with Crippen LogP contribution in [0.2, 0.25) is 0 Å². The number of carbonyl (C=O) groups excluding carboxylic acids is 1. The van der Waals surface area contributed by atoms with Crippen molar-refractivity contribution in [2.75, 3.05) is 6.61 Å². The molecule has 0 spiro atoms. The molecular weight excluding hydrogens is 649 g/mol. The predicted octanol–water partition coefficient (Wildman–Crippen LogP) is 4.09. The topological polar surface area (TPSA) is 250 Å². The van der Waals surface area contributed by atoms with Gasteiger partial charge in [0.25, 0.3) is 5.56 Å². The number of hydrogen-bond acceptors (Lipinski definition) is 12. The van der Waals surface area contributed by atoms with Crippen molar-refractivity contribution in [1.82, 2.24) is 9.55 Å². The summed E-state index contributed by atoms with van der Waals surface area (Å²) < 4.78 is 59.5. The summed E-state index contributed by atoms with van der Waals surface area (Å²) in [6.45, 7) is 2.70. The first kappa shape index (κ1) is 38.7. The van der Waals surface area contributed by atoms with Crippen LogP contribution in [0.15, 0.2) is 15.8 Å². The second kappa shape index (κ2) is 18.0. The molecule has 2 rings (SSSR count). The van der Waals surface area contributed by atoms with Crippen LogP contribution in [0.4, 0.5) is 0 Å². The molecule has 0 radical (unpaired) electrons. The molecular formula is C24H43N2O15P3. The fourth-order valence-electron chi connectivity index (χ4n) is 4.43. The van der Waals surface area contributed by atoms with Crippen molar-refractivity contribution in [2.45, 2.75) is 116 Å². The summed E-state index contributed by atoms with van der Waals surface area (Å²) in [5, 5.41) is 10.2. The zero-order chi connectivity index (χ0) is 33.0. The molecule has 0 saturated carbocycles. The molecule has 1 aliphatic rings. The lowest BCUT2D eigenvalue weighted by atomic mass is 10.1. The smallest absolute Gasteiger partial charge is 0.390 e. The number of ether oxygens (including phenoxy) is 1. The third-order valence-corrected chi connectivity index (χ3v) is 10.9. The molecule has 0 bridgehead atoms. The van der Waals surface area contributed by atoms with E-state index >= 15 is 0 Å². The minimum atomic E-state index is -5.81. The van der Waals surface area contributed by atoms with Gasteiger partial charge in [0.2, 0.25) is 0 Å². The molecule has 1 aliphatic heterocycles. The number of hydrogen-bond donors (Lipinski definition) is 5. The number of unbranched alkanes of at least 4 members (excludes halogenated alkanes) is 10. The molecule has 6 atom stereocenters. The van der Waals surface area contributed by atoms with Crippen LogP contribution < -0.4 is 11.2 Å². The van der Waals surface area contributed by atoms with Gasteiger partial charge in [0.1, 0.15) is 12.3 Å². The number of carbonyl (C=O) groups is 1. The first-order valence-corrected chi connectivity index (χ1v) is 19.0. The Bertz CT molecular complexity index is 1330. The Balaban J connectivity index is 1.73. The third kappa shape index (κ3) is 14.3. The molecule has 2 heterocycles. The minimum Gasteiger partial charge on any atom is -0.390 e. The van der Waals surface area contributed by atoms with Gasteiger partial charge in [-0.25, -0.2) is 18.5 Å². The number of aromatic nitrogens is 2. The first-order valence-electron chi connectivity index (χ1n) is 14.5. The van der Waals surface area contributed by atoms with E-state index in [0.717, 1.165) is 30.3 Å². The quantitative estimate of drug-likeness (QED) is 0.0899. The van der Waals surface area contributed by atoms with Crippen molar-refractivity contribution >= 4 is 29.4 Å². The van der Waals surface area contributed by atoms with Crippen molar-refractivity contribution in [3.63, 3.8) is 0 Å². The molecule has 254 valence electrons. The van der Waals surface area contributed by atoms with Crippen molar-refractivity contribution in [1.29, 1.82) is 0 Å². The van der Waals surface area contributed by atoms with E-state index < -0.39 is 65.7 Å². The predicted molar refractivity (Wildman–Crippen MR) is 155 cm³/mol. The molecule has 0 aromatic carbocycles. The molecule has 44 heavy (non-hydrogen) atoms. The normalized spacial score (nSPS) is 22.6. The Labute approximate surface area is 254 Å². The van der Waals surface area contributed by atoms with Gasteiger partial charge in [-0.1, -0.05) is 71.1 Å². The minimum absolute atomic E-state index is 0.176. The summed E-state index contributed by atoms with van der Waals surface area (Å²) in [6, 6.07) is 0. The van der Waals surface area contributed by atoms with Gasteiger partial charge in [-0.2, -0.15) is 8.62 Å². The van der Waals surface area contributed by atoms with E-state index in [1.807, 2.05) is 0 Å². The summed E-state index contributed by atoms with van der Waals surface area (Å²) >= 11 is 0. The maximum atomic E-state index is 12.2. The van der Waals surface area contributed by atoms with Crippen molar-refractivity contribution < 1.29 is 60.7 Å². The van der Waals surface area contributed by atoms with Gasteiger partial charge in [-0.3, -0.25) is 28.6 Å². The highest BCUT2D eigenvalue weighted by atomic mass is 31.3. The monoisotopic (exact) mass is 692 g/mol. The van der Waals surface area contributed by atoms with Crippen molar-refractivity contribution in [2.24, 2.45) is 0 Å². The fourth-order valence-corrected chi connectivity index (χ4v) is 7.91. The van der Waals surface area contributed by atoms with Crippen LogP contribution in [0.25, 0.3) is 0 Å². The summed E-state index contributed by atoms with van der Waals surface area (Å²) in [5.74, 6) is -1.19. The Morgan fingerprint density at radius 3 is 2.07 bits per heavy atom. The average molecular weight is 693 g/mol. The first-order chi connectivity index (χ1) is 20.5. The number of rotatable bonds is 21. The molecule has 5 N–H and O–H groups in total. The van der Waals surface area contributed by atoms with E-state index in [2.05, 4.69) is 29.6 Å². The Hall–Kier alpha value is -1.48. The standard InChI is InChI=1S/C24H43N2O15P3/c1-3-4-5-6-7-8-9-10-11-12-13-14-22(28)39-43(33,34)41-44(35,36)40-42(31,32)37-17-20-19(27)15-21(38-20)26-16-18(2)23(29)25-24(26)30/h16,19-21,27H,3-15,17H2,1-2H3,(H,31,32)(H,33,34)(H,35,36)(H,25,29,30)/t19-,20+,21+/m0/s1. The van der Waals surface area contributed by atoms with E-state index in [1.165, 1.54) is 45.2 Å². The van der Waals surface area contributed by atoms with Gasteiger partial charge in [-0.15, -0.1) is 0 Å². The highest BCUT2D eigenvalue weighted by molar-refractivity contribution is 7.67. The van der Waals surface area contributed by atoms with Crippen molar-refractivity contribution in [3.8, 4) is 0 Å². The molecule has 0 amide bonds. The van der Waals surface area contributed by atoms with E-state index in [-0.39, 0.29) is 18.4 Å². The summed E-state index contributed by atoms with van der Waals surface area (Å²) in [7, 11) is -16.8. The highest BCUT2D eigenvalue weighted by Crippen LogP contribution is 2.67. The van der Waals surface area contributed by atoms with E-state index in [9.17, 15) is 47.9 Å². The Morgan fingerprint density at radius 1 is 0.932 bits per heavy atom. The Morgan fingerprint density at radius 2 is 1.48 bits per heavy atom. The maximum absolute atomic E-state index is 12.2. The van der Waals surface area contributed by atoms with E-state index in [1.54, 1.807) is 0 Å². The lowest BCUT2D eigenvalue weighted by Crippen LogP contribution is -2.33. The lowest BCUT2D eigenvalue weighted by molar-refractivity contribution is -0.135. The number of nitrogens with zero attached hydrogens (tertiary/aromatic N) is 1. The van der Waals surface area contributed by atoms with E-state index in [0.29, 0.717) is 12.8 Å². The number of phosphoric ester groups is 2. The number of aryl methyl sites for hydroxylation is 1. The van der Waals surface area contributed by atoms with Gasteiger partial charge < -0.3 is 24.2 Å². The lowest BCUT2D eigenvalue weighted by Gasteiger charge is -2.20.